The van der Waals surface area contributed by atoms with Crippen molar-refractivity contribution in [3.63, 3.8) is 0 Å². The van der Waals surface area contributed by atoms with Gasteiger partial charge in [-0.15, -0.1) is 0 Å². The van der Waals surface area contributed by atoms with Crippen LogP contribution in [0.15, 0.2) is 71.6 Å². The van der Waals surface area contributed by atoms with Crippen molar-refractivity contribution in [2.75, 3.05) is 0 Å². The Morgan fingerprint density at radius 2 is 1.66 bits per heavy atom. The molecule has 4 N–H and O–H groups in total. The zero-order chi connectivity index (χ0) is 26.2. The predicted octanol–water partition coefficient (Wildman–Crippen LogP) is 3.70. The molecule has 0 radical (unpaired) electrons. The van der Waals surface area contributed by atoms with Crippen molar-refractivity contribution in [1.82, 2.24) is 0 Å². The van der Waals surface area contributed by atoms with Crippen LogP contribution in [0.1, 0.15) is 28.9 Å². The van der Waals surface area contributed by atoms with E-state index < -0.39 is 54.4 Å². The van der Waals surface area contributed by atoms with Crippen molar-refractivity contribution >= 4 is 15.7 Å². The summed E-state index contributed by atoms with van der Waals surface area (Å²) in [5.41, 5.74) is 0.122. The van der Waals surface area contributed by atoms with Gasteiger partial charge in [-0.25, -0.2) is 8.42 Å². The molecule has 2 unspecified atom stereocenters. The van der Waals surface area contributed by atoms with Gasteiger partial charge in [0.15, 0.2) is 15.4 Å². The summed E-state index contributed by atoms with van der Waals surface area (Å²) in [6.07, 6.45) is -5.02. The lowest BCUT2D eigenvalue weighted by atomic mass is 9.92. The number of benzene rings is 3. The van der Waals surface area contributed by atoms with E-state index in [1.54, 1.807) is 0 Å². The Morgan fingerprint density at radius 1 is 1.06 bits per heavy atom. The van der Waals surface area contributed by atoms with Gasteiger partial charge in [-0.2, -0.15) is 18.4 Å². The number of aromatic hydroxyl groups is 1. The number of nitrogens with two attached hydrogens (primary N) is 1. The van der Waals surface area contributed by atoms with Gasteiger partial charge in [0.1, 0.15) is 11.0 Å². The molecule has 0 aromatic heterocycles. The number of hydrogen-bond donors (Lipinski definition) is 3. The smallest absolute Gasteiger partial charge is 0.417 e. The van der Waals surface area contributed by atoms with Crippen molar-refractivity contribution in [1.29, 1.82) is 5.26 Å². The molecule has 1 amide bonds. The number of alkyl halides is 3. The summed E-state index contributed by atoms with van der Waals surface area (Å²) in [7, 11) is -4.79. The summed E-state index contributed by atoms with van der Waals surface area (Å²) in [5, 5.41) is 27.3. The van der Waals surface area contributed by atoms with Crippen LogP contribution in [0.25, 0.3) is 11.1 Å². The van der Waals surface area contributed by atoms with Crippen LogP contribution in [0.3, 0.4) is 0 Å². The van der Waals surface area contributed by atoms with Crippen molar-refractivity contribution in [3.05, 3.63) is 83.4 Å². The van der Waals surface area contributed by atoms with E-state index in [0.29, 0.717) is 11.6 Å². The lowest BCUT2D eigenvalue weighted by molar-refractivity contribution is -0.137. The van der Waals surface area contributed by atoms with E-state index in [0.717, 1.165) is 19.1 Å². The Balaban J connectivity index is 2.34. The number of sulfone groups is 1. The SMILES string of the molecule is CC(O)(C(N)=O)C(c1ccc(C#N)c(C(F)(F)F)c1)S(=O)(=O)c1ccccc1-c1ccc(O)cc1. The predicted molar refractivity (Wildman–Crippen MR) is 119 cm³/mol. The number of carbonyl (C=O) groups excluding carboxylic acids is 1. The number of rotatable bonds is 6. The molecular formula is C24H19F3N2O5S. The highest BCUT2D eigenvalue weighted by Crippen LogP contribution is 2.43. The normalized spacial score (nSPS) is 14.5. The van der Waals surface area contributed by atoms with Crippen LogP contribution in [0.5, 0.6) is 5.75 Å². The molecule has 3 rings (SSSR count). The summed E-state index contributed by atoms with van der Waals surface area (Å²) in [4.78, 5) is 11.7. The van der Waals surface area contributed by atoms with Gasteiger partial charge >= 0.3 is 6.18 Å². The van der Waals surface area contributed by atoms with Crippen molar-refractivity contribution in [3.8, 4) is 22.9 Å². The molecule has 0 spiro atoms. The van der Waals surface area contributed by atoms with Gasteiger partial charge in [-0.1, -0.05) is 36.4 Å². The van der Waals surface area contributed by atoms with Crippen LogP contribution in [0.4, 0.5) is 13.2 Å². The number of hydrogen-bond acceptors (Lipinski definition) is 6. The Hall–Kier alpha value is -3.88. The summed E-state index contributed by atoms with van der Waals surface area (Å²) < 4.78 is 68.6. The minimum Gasteiger partial charge on any atom is -0.508 e. The third-order valence-corrected chi connectivity index (χ3v) is 7.78. The summed E-state index contributed by atoms with van der Waals surface area (Å²) in [6, 6.07) is 14.5. The summed E-state index contributed by atoms with van der Waals surface area (Å²) in [5.74, 6) is -1.56. The fraction of sp³-hybridized carbons (Fsp3) is 0.167. The van der Waals surface area contributed by atoms with E-state index in [9.17, 15) is 36.6 Å². The van der Waals surface area contributed by atoms with Crippen LogP contribution in [-0.4, -0.2) is 30.1 Å². The first-order chi connectivity index (χ1) is 16.2. The van der Waals surface area contributed by atoms with Crippen LogP contribution in [0.2, 0.25) is 0 Å². The second kappa shape index (κ2) is 9.05. The number of carbonyl (C=O) groups is 1. The molecule has 0 fully saturated rings. The molecule has 0 saturated heterocycles. The van der Waals surface area contributed by atoms with Crippen LogP contribution in [0, 0.1) is 11.3 Å². The van der Waals surface area contributed by atoms with Crippen LogP contribution < -0.4 is 5.73 Å². The largest absolute Gasteiger partial charge is 0.508 e. The zero-order valence-corrected chi connectivity index (χ0v) is 18.9. The van der Waals surface area contributed by atoms with E-state index >= 15 is 0 Å². The Bertz CT molecular complexity index is 1430. The van der Waals surface area contributed by atoms with Gasteiger partial charge in [0.2, 0.25) is 0 Å². The molecule has 0 aliphatic carbocycles. The molecule has 35 heavy (non-hydrogen) atoms. The van der Waals surface area contributed by atoms with Gasteiger partial charge < -0.3 is 15.9 Å². The van der Waals surface area contributed by atoms with Crippen molar-refractivity contribution in [2.24, 2.45) is 5.73 Å². The standard InChI is InChI=1S/C24H19F3N2O5S/c1-23(32,22(29)31)21(15-6-7-16(13-28)19(12-15)24(25,26)27)35(33,34)20-5-3-2-4-18(20)14-8-10-17(30)11-9-14/h2-12,21,30,32H,1H3,(H2,29,31). The molecule has 0 aliphatic heterocycles. The van der Waals surface area contributed by atoms with Gasteiger partial charge in [0, 0.05) is 5.56 Å². The number of nitrogens with zero attached hydrogens (tertiary/aromatic N) is 1. The van der Waals surface area contributed by atoms with E-state index in [2.05, 4.69) is 0 Å². The third-order valence-electron chi connectivity index (χ3n) is 5.46. The molecule has 0 saturated carbocycles. The second-order valence-corrected chi connectivity index (χ2v) is 9.90. The first kappa shape index (κ1) is 25.7. The monoisotopic (exact) mass is 504 g/mol. The van der Waals surface area contributed by atoms with E-state index in [4.69, 9.17) is 11.0 Å². The quantitative estimate of drug-likeness (QED) is 0.467. The molecular weight excluding hydrogens is 485 g/mol. The maximum atomic E-state index is 13.9. The average Bonchev–Trinajstić information content (AvgIpc) is 2.78. The molecule has 0 aliphatic rings. The van der Waals surface area contributed by atoms with Gasteiger partial charge in [0.05, 0.1) is 22.1 Å². The lowest BCUT2D eigenvalue weighted by Gasteiger charge is -2.31. The van der Waals surface area contributed by atoms with Crippen molar-refractivity contribution in [2.45, 2.75) is 28.8 Å². The lowest BCUT2D eigenvalue weighted by Crippen LogP contribution is -2.49. The number of nitriles is 1. The first-order valence-corrected chi connectivity index (χ1v) is 11.5. The third kappa shape index (κ3) is 4.84. The fourth-order valence-electron chi connectivity index (χ4n) is 3.71. The number of phenols is 1. The zero-order valence-electron chi connectivity index (χ0n) is 18.1. The minimum absolute atomic E-state index is 0.0825. The van der Waals surface area contributed by atoms with Crippen LogP contribution in [-0.2, 0) is 20.8 Å². The number of phenolic OH excluding ortho intramolecular Hbond substituents is 1. The molecule has 2 atom stereocenters. The maximum absolute atomic E-state index is 13.9. The van der Waals surface area contributed by atoms with Crippen LogP contribution >= 0.6 is 0 Å². The Morgan fingerprint density at radius 3 is 2.20 bits per heavy atom. The highest BCUT2D eigenvalue weighted by molar-refractivity contribution is 7.92. The molecule has 7 nitrogen and oxygen atoms in total. The summed E-state index contributed by atoms with van der Waals surface area (Å²) in [6.45, 7) is 0.798. The van der Waals surface area contributed by atoms with Gasteiger partial charge in [-0.05, 0) is 48.4 Å². The van der Waals surface area contributed by atoms with Gasteiger partial charge in [-0.3, -0.25) is 4.79 Å². The number of primary amides is 1. The van der Waals surface area contributed by atoms with E-state index in [1.165, 1.54) is 54.6 Å². The molecule has 11 heteroatoms. The highest BCUT2D eigenvalue weighted by atomic mass is 32.2. The number of aliphatic hydroxyl groups is 1. The second-order valence-electron chi connectivity index (χ2n) is 7.89. The molecule has 0 bridgehead atoms. The van der Waals surface area contributed by atoms with E-state index in [-0.39, 0.29) is 11.3 Å². The highest BCUT2D eigenvalue weighted by Gasteiger charge is 2.49. The molecule has 0 heterocycles. The number of amides is 1. The molecule has 182 valence electrons. The fourth-order valence-corrected chi connectivity index (χ4v) is 5.95. The van der Waals surface area contributed by atoms with Gasteiger partial charge in [0.25, 0.3) is 5.91 Å². The maximum Gasteiger partial charge on any atom is 0.417 e. The summed E-state index contributed by atoms with van der Waals surface area (Å²) >= 11 is 0. The Kier molecular flexibility index (Phi) is 6.66. The minimum atomic E-state index is -5.02. The number of halogens is 3. The van der Waals surface area contributed by atoms with E-state index in [1.807, 2.05) is 0 Å². The Labute approximate surface area is 198 Å². The molecule has 3 aromatic carbocycles. The molecule has 3 aromatic rings. The first-order valence-electron chi connectivity index (χ1n) is 9.97. The average molecular weight is 504 g/mol. The topological polar surface area (TPSA) is 141 Å². The van der Waals surface area contributed by atoms with Crippen molar-refractivity contribution < 1.29 is 36.6 Å².